The fourth-order valence-corrected chi connectivity index (χ4v) is 2.87. The Labute approximate surface area is 134 Å². The van der Waals surface area contributed by atoms with Gasteiger partial charge in [-0.1, -0.05) is 13.8 Å². The summed E-state index contributed by atoms with van der Waals surface area (Å²) in [6, 6.07) is 0. The predicted molar refractivity (Wildman–Crippen MR) is 75.0 cm³/mol. The van der Waals surface area contributed by atoms with Crippen molar-refractivity contribution in [3.8, 4) is 0 Å². The first kappa shape index (κ1) is 19.0. The lowest BCUT2D eigenvalue weighted by Gasteiger charge is -2.44. The van der Waals surface area contributed by atoms with Crippen molar-refractivity contribution in [2.45, 2.75) is 88.1 Å². The van der Waals surface area contributed by atoms with Crippen molar-refractivity contribution in [1.29, 1.82) is 0 Å². The molecule has 2 saturated heterocycles. The van der Waals surface area contributed by atoms with E-state index >= 15 is 0 Å². The third-order valence-corrected chi connectivity index (χ3v) is 4.41. The van der Waals surface area contributed by atoms with Crippen LogP contribution in [0.5, 0.6) is 0 Å². The van der Waals surface area contributed by atoms with Crippen LogP contribution >= 0.6 is 0 Å². The Kier molecular flexibility index (Phi) is 6.34. The van der Waals surface area contributed by atoms with Gasteiger partial charge in [-0.2, -0.15) is 0 Å². The molecule has 0 amide bonds. The van der Waals surface area contributed by atoms with E-state index in [1.165, 1.54) is 0 Å². The first-order valence-electron chi connectivity index (χ1n) is 7.86. The minimum Gasteiger partial charge on any atom is -0.388 e. The van der Waals surface area contributed by atoms with Gasteiger partial charge < -0.3 is 44.8 Å². The summed E-state index contributed by atoms with van der Waals surface area (Å²) in [5.74, 6) is 0. The minimum atomic E-state index is -1.55. The Bertz CT molecular complexity index is 343. The monoisotopic (exact) mass is 338 g/mol. The molecule has 6 N–H and O–H groups in total. The van der Waals surface area contributed by atoms with Gasteiger partial charge in [0, 0.05) is 0 Å². The summed E-state index contributed by atoms with van der Waals surface area (Å²) in [6.45, 7) is 3.46. The first-order valence-corrected chi connectivity index (χ1v) is 7.86. The molecule has 2 aliphatic heterocycles. The van der Waals surface area contributed by atoms with Crippen molar-refractivity contribution in [2.75, 3.05) is 0 Å². The summed E-state index contributed by atoms with van der Waals surface area (Å²) in [4.78, 5) is 0. The fraction of sp³-hybridized carbons (Fsp3) is 1.00. The summed E-state index contributed by atoms with van der Waals surface area (Å²) < 4.78 is 16.2. The van der Waals surface area contributed by atoms with Gasteiger partial charge in [0.05, 0.1) is 12.2 Å². The zero-order valence-corrected chi connectivity index (χ0v) is 13.1. The summed E-state index contributed by atoms with van der Waals surface area (Å²) in [7, 11) is 0. The van der Waals surface area contributed by atoms with Crippen LogP contribution in [0.4, 0.5) is 0 Å². The second kappa shape index (κ2) is 7.68. The highest BCUT2D eigenvalue weighted by Crippen LogP contribution is 2.29. The number of ether oxygens (including phenoxy) is 3. The number of aliphatic hydroxyl groups excluding tert-OH is 6. The van der Waals surface area contributed by atoms with Crippen LogP contribution < -0.4 is 0 Å². The molecule has 0 aromatic carbocycles. The van der Waals surface area contributed by atoms with Crippen LogP contribution in [0.1, 0.15) is 26.7 Å². The molecule has 0 bridgehead atoms. The van der Waals surface area contributed by atoms with Gasteiger partial charge in [-0.05, 0) is 12.8 Å². The molecule has 2 heterocycles. The van der Waals surface area contributed by atoms with Crippen LogP contribution in [-0.4, -0.2) is 92.1 Å². The second-order valence-electron chi connectivity index (χ2n) is 5.98. The predicted octanol–water partition coefficient (Wildman–Crippen LogP) is -2.56. The van der Waals surface area contributed by atoms with Gasteiger partial charge in [0.25, 0.3) is 0 Å². The molecule has 0 spiro atoms. The molecule has 9 nitrogen and oxygen atoms in total. The minimum absolute atomic E-state index is 0.373. The maximum absolute atomic E-state index is 9.97. The molecule has 0 saturated carbocycles. The number of aliphatic hydroxyl groups is 6. The molecule has 5 unspecified atom stereocenters. The molecule has 2 aliphatic rings. The summed E-state index contributed by atoms with van der Waals surface area (Å²) >= 11 is 0. The van der Waals surface area contributed by atoms with Gasteiger partial charge in [-0.25, -0.2) is 0 Å². The summed E-state index contributed by atoms with van der Waals surface area (Å²) in [6.07, 6.45) is -12.0. The molecule has 2 fully saturated rings. The Morgan fingerprint density at radius 3 is 1.26 bits per heavy atom. The smallest absolute Gasteiger partial charge is 0.189 e. The third-order valence-electron chi connectivity index (χ3n) is 4.41. The van der Waals surface area contributed by atoms with Crippen LogP contribution in [0.25, 0.3) is 0 Å². The normalized spacial score (nSPS) is 51.7. The number of hydrogen-bond donors (Lipinski definition) is 6. The Balaban J connectivity index is 2.07. The van der Waals surface area contributed by atoms with Crippen LogP contribution in [0.3, 0.4) is 0 Å². The average molecular weight is 338 g/mol. The van der Waals surface area contributed by atoms with Gasteiger partial charge in [0.15, 0.2) is 12.6 Å². The first-order chi connectivity index (χ1) is 10.8. The highest BCUT2D eigenvalue weighted by atomic mass is 16.8. The quantitative estimate of drug-likeness (QED) is 0.325. The lowest BCUT2D eigenvalue weighted by molar-refractivity contribution is -0.373. The Hall–Kier alpha value is -0.360. The van der Waals surface area contributed by atoms with Gasteiger partial charge in [-0.3, -0.25) is 0 Å². The van der Waals surface area contributed by atoms with Crippen molar-refractivity contribution in [3.05, 3.63) is 0 Å². The summed E-state index contributed by atoms with van der Waals surface area (Å²) in [5.41, 5.74) is 0. The van der Waals surface area contributed by atoms with Crippen molar-refractivity contribution in [1.82, 2.24) is 0 Å². The SMILES string of the molecule is CCC1O[C@@H](O[C@@H]2OC(CC)[C@H](O)[C@H](O)C2O)C(O)C(O)[C@H]1O. The van der Waals surface area contributed by atoms with Gasteiger partial charge in [0.1, 0.15) is 36.6 Å². The topological polar surface area (TPSA) is 149 Å². The van der Waals surface area contributed by atoms with Gasteiger partial charge in [0.2, 0.25) is 0 Å². The highest BCUT2D eigenvalue weighted by molar-refractivity contribution is 4.91. The van der Waals surface area contributed by atoms with Gasteiger partial charge >= 0.3 is 0 Å². The zero-order valence-electron chi connectivity index (χ0n) is 13.1. The lowest BCUT2D eigenvalue weighted by atomic mass is 9.96. The Morgan fingerprint density at radius 1 is 0.609 bits per heavy atom. The molecule has 0 aromatic rings. The fourth-order valence-electron chi connectivity index (χ4n) is 2.87. The van der Waals surface area contributed by atoms with E-state index in [-0.39, 0.29) is 0 Å². The standard InChI is InChI=1S/C14H26O9/c1-3-5-7(15)9(17)11(19)13(21-5)23-14-12(20)10(18)8(16)6(4-2)22-14/h5-20H,3-4H2,1-2H3/t5?,6?,7-,8-,9-,10?,11?,12?,13-,14-/m0/s1. The van der Waals surface area contributed by atoms with E-state index in [1.54, 1.807) is 13.8 Å². The van der Waals surface area contributed by atoms with E-state index < -0.39 is 61.4 Å². The molecule has 0 aromatic heterocycles. The number of hydrogen-bond acceptors (Lipinski definition) is 9. The molecule has 136 valence electrons. The van der Waals surface area contributed by atoms with E-state index in [9.17, 15) is 30.6 Å². The number of rotatable bonds is 4. The van der Waals surface area contributed by atoms with E-state index in [0.717, 1.165) is 0 Å². The van der Waals surface area contributed by atoms with E-state index in [0.29, 0.717) is 12.8 Å². The van der Waals surface area contributed by atoms with Crippen molar-refractivity contribution in [3.63, 3.8) is 0 Å². The van der Waals surface area contributed by atoms with E-state index in [1.807, 2.05) is 0 Å². The lowest BCUT2D eigenvalue weighted by Crippen LogP contribution is -2.62. The van der Waals surface area contributed by atoms with Crippen LogP contribution in [-0.2, 0) is 14.2 Å². The second-order valence-corrected chi connectivity index (χ2v) is 5.98. The summed E-state index contributed by atoms with van der Waals surface area (Å²) in [5, 5.41) is 59.2. The molecular weight excluding hydrogens is 312 g/mol. The van der Waals surface area contributed by atoms with E-state index in [2.05, 4.69) is 0 Å². The van der Waals surface area contributed by atoms with Gasteiger partial charge in [-0.15, -0.1) is 0 Å². The maximum Gasteiger partial charge on any atom is 0.189 e. The van der Waals surface area contributed by atoms with Crippen molar-refractivity contribution >= 4 is 0 Å². The molecule has 23 heavy (non-hydrogen) atoms. The van der Waals surface area contributed by atoms with Crippen molar-refractivity contribution in [2.24, 2.45) is 0 Å². The highest BCUT2D eigenvalue weighted by Gasteiger charge is 2.49. The molecule has 0 radical (unpaired) electrons. The van der Waals surface area contributed by atoms with Crippen molar-refractivity contribution < 1.29 is 44.8 Å². The van der Waals surface area contributed by atoms with E-state index in [4.69, 9.17) is 14.2 Å². The third kappa shape index (κ3) is 3.68. The zero-order chi connectivity index (χ0) is 17.3. The molecule has 10 atom stereocenters. The van der Waals surface area contributed by atoms with Crippen LogP contribution in [0.15, 0.2) is 0 Å². The molecule has 2 rings (SSSR count). The molecule has 9 heteroatoms. The largest absolute Gasteiger partial charge is 0.388 e. The molecule has 0 aliphatic carbocycles. The average Bonchev–Trinajstić information content (AvgIpc) is 2.55. The molecular formula is C14H26O9. The Morgan fingerprint density at radius 2 is 0.957 bits per heavy atom. The maximum atomic E-state index is 9.97. The van der Waals surface area contributed by atoms with Crippen LogP contribution in [0, 0.1) is 0 Å². The van der Waals surface area contributed by atoms with Crippen LogP contribution in [0.2, 0.25) is 0 Å².